The molecule has 0 saturated carbocycles. The Morgan fingerprint density at radius 3 is 2.68 bits per heavy atom. The lowest BCUT2D eigenvalue weighted by Crippen LogP contribution is -2.45. The molecule has 0 radical (unpaired) electrons. The number of nitrogens with one attached hydrogen (secondary N) is 1. The predicted molar refractivity (Wildman–Crippen MR) is 134 cm³/mol. The molecule has 1 amide bonds. The van der Waals surface area contributed by atoms with Crippen LogP contribution in [-0.2, 0) is 40.2 Å². The van der Waals surface area contributed by atoms with Gasteiger partial charge in [-0.1, -0.05) is 23.3 Å². The van der Waals surface area contributed by atoms with Gasteiger partial charge in [0.1, 0.15) is 17.9 Å². The lowest BCUT2D eigenvalue weighted by molar-refractivity contribution is -0.157. The number of hydrogen-bond donors (Lipinski definition) is 2. The van der Waals surface area contributed by atoms with Gasteiger partial charge in [-0.05, 0) is 56.3 Å². The van der Waals surface area contributed by atoms with Crippen molar-refractivity contribution in [2.75, 3.05) is 6.61 Å². The van der Waals surface area contributed by atoms with Crippen LogP contribution in [0.2, 0.25) is 0 Å². The lowest BCUT2D eigenvalue weighted by Gasteiger charge is -2.32. The van der Waals surface area contributed by atoms with Gasteiger partial charge in [-0.3, -0.25) is 19.3 Å². The van der Waals surface area contributed by atoms with E-state index in [1.807, 2.05) is 0 Å². The number of allylic oxidation sites excluding steroid dienone is 1. The fourth-order valence-electron chi connectivity index (χ4n) is 3.56. The van der Waals surface area contributed by atoms with Gasteiger partial charge in [-0.2, -0.15) is 0 Å². The first kappa shape index (κ1) is 29.7. The molecule has 6 atom stereocenters. The van der Waals surface area contributed by atoms with Crippen LogP contribution in [0.3, 0.4) is 0 Å². The number of para-hydroxylation sites is 1. The summed E-state index contributed by atoms with van der Waals surface area (Å²) in [6, 6.07) is 7.20. The minimum Gasteiger partial charge on any atom is -0.462 e. The van der Waals surface area contributed by atoms with Crippen molar-refractivity contribution < 1.29 is 42.4 Å². The number of nitrogens with zero attached hydrogens (tertiary/aromatic N) is 4. The molecule has 3 rings (SSSR count). The van der Waals surface area contributed by atoms with Gasteiger partial charge >= 0.3 is 12.6 Å². The molecule has 0 aliphatic carbocycles. The van der Waals surface area contributed by atoms with Gasteiger partial charge in [0, 0.05) is 11.1 Å². The van der Waals surface area contributed by atoms with E-state index in [0.29, 0.717) is 0 Å². The van der Waals surface area contributed by atoms with Crippen LogP contribution in [0.5, 0.6) is 5.75 Å². The average Bonchev–Trinajstić information content (AvgIpc) is 3.09. The number of benzene rings is 1. The van der Waals surface area contributed by atoms with Gasteiger partial charge in [0.25, 0.3) is 0 Å². The summed E-state index contributed by atoms with van der Waals surface area (Å²) in [5.74, 6) is -1.61. The topological polar surface area (TPSA) is 172 Å². The largest absolute Gasteiger partial charge is 0.462 e. The first-order valence-electron chi connectivity index (χ1n) is 11.5. The van der Waals surface area contributed by atoms with Crippen LogP contribution < -0.4 is 9.61 Å². The molecule has 0 bridgehead atoms. The Kier molecular flexibility index (Phi) is 9.60. The summed E-state index contributed by atoms with van der Waals surface area (Å²) in [7, 11) is 0. The maximum Gasteiger partial charge on any atom is 0.323 e. The standard InChI is InChI=1S/C22H27FN5O8PS/c1-13(2)34-21(32)14(3)25-37(38,36-16-7-5-4-6-8-16)33-12-22(26-27-24)19(23)18(31)20(35-22)28-10-9-15(29)11-17(28)30/h4-10,13-14,18-20,31H,11-12H2,1-3H3,(H,25,38)/t14-,18+,19-,20+,22+,37?/m0/s1. The molecule has 1 saturated heterocycles. The molecule has 1 aromatic carbocycles. The fraction of sp³-hybridized carbons (Fsp3) is 0.500. The van der Waals surface area contributed by atoms with Crippen molar-refractivity contribution in [3.63, 3.8) is 0 Å². The third kappa shape index (κ3) is 6.94. The molecule has 1 fully saturated rings. The quantitative estimate of drug-likeness (QED) is 0.100. The zero-order valence-electron chi connectivity index (χ0n) is 20.7. The first-order chi connectivity index (χ1) is 17.9. The number of halogens is 1. The summed E-state index contributed by atoms with van der Waals surface area (Å²) in [5.41, 5.74) is 6.69. The van der Waals surface area contributed by atoms with Crippen molar-refractivity contribution in [3.05, 3.63) is 53.1 Å². The Labute approximate surface area is 222 Å². The number of rotatable bonds is 11. The maximum absolute atomic E-state index is 15.5. The van der Waals surface area contributed by atoms with Crippen molar-refractivity contribution in [2.45, 2.75) is 63.6 Å². The number of ether oxygens (including phenoxy) is 2. The van der Waals surface area contributed by atoms with Crippen molar-refractivity contribution >= 4 is 36.1 Å². The molecule has 13 nitrogen and oxygen atoms in total. The Balaban J connectivity index is 1.87. The number of esters is 1. The van der Waals surface area contributed by atoms with E-state index in [4.69, 9.17) is 35.9 Å². The molecule has 206 valence electrons. The van der Waals surface area contributed by atoms with Crippen LogP contribution in [0.15, 0.2) is 47.7 Å². The number of aliphatic hydroxyl groups excluding tert-OH is 1. The summed E-state index contributed by atoms with van der Waals surface area (Å²) >= 11 is 5.58. The minimum atomic E-state index is -3.70. The van der Waals surface area contributed by atoms with Gasteiger partial charge in [-0.25, -0.2) is 9.48 Å². The third-order valence-electron chi connectivity index (χ3n) is 5.34. The molecular formula is C22H27FN5O8PS. The first-order valence-corrected chi connectivity index (χ1v) is 14.1. The van der Waals surface area contributed by atoms with E-state index in [0.717, 1.165) is 17.2 Å². The van der Waals surface area contributed by atoms with E-state index in [2.05, 4.69) is 15.1 Å². The predicted octanol–water partition coefficient (Wildman–Crippen LogP) is 2.61. The SMILES string of the molecule is CC(C)OC(=O)[C@H](C)NP(=S)(OC[C@@]1(N=[N+]=[N-])O[C@@H](N2C=CC(=O)CC2=O)[C@H](O)[C@@H]1F)Oc1ccccc1. The van der Waals surface area contributed by atoms with E-state index in [9.17, 15) is 19.5 Å². The number of amides is 1. The lowest BCUT2D eigenvalue weighted by atomic mass is 10.1. The van der Waals surface area contributed by atoms with Gasteiger partial charge in [0.2, 0.25) is 11.6 Å². The van der Waals surface area contributed by atoms with E-state index in [1.54, 1.807) is 44.2 Å². The summed E-state index contributed by atoms with van der Waals surface area (Å²) in [6.45, 7) is 0.236. The van der Waals surface area contributed by atoms with Crippen molar-refractivity contribution in [1.29, 1.82) is 0 Å². The second kappa shape index (κ2) is 12.3. The molecule has 38 heavy (non-hydrogen) atoms. The Hall–Kier alpha value is -2.90. The zero-order chi connectivity index (χ0) is 28.1. The number of aliphatic hydroxyl groups is 1. The van der Waals surface area contributed by atoms with Crippen LogP contribution >= 0.6 is 6.64 Å². The molecule has 1 aromatic rings. The highest BCUT2D eigenvalue weighted by atomic mass is 32.5. The summed E-state index contributed by atoms with van der Waals surface area (Å²) in [5, 5.41) is 16.7. The summed E-state index contributed by atoms with van der Waals surface area (Å²) in [4.78, 5) is 39.7. The molecule has 2 heterocycles. The van der Waals surface area contributed by atoms with Gasteiger partial charge in [-0.15, -0.1) is 0 Å². The smallest absolute Gasteiger partial charge is 0.323 e. The molecule has 0 aromatic heterocycles. The number of carbonyl (C=O) groups excluding carboxylic acids is 3. The summed E-state index contributed by atoms with van der Waals surface area (Å²) in [6.07, 6.45) is -4.76. The molecule has 2 aliphatic rings. The number of alkyl halides is 1. The van der Waals surface area contributed by atoms with E-state index >= 15 is 4.39 Å². The van der Waals surface area contributed by atoms with Crippen molar-refractivity contribution in [2.24, 2.45) is 5.11 Å². The zero-order valence-corrected chi connectivity index (χ0v) is 22.4. The van der Waals surface area contributed by atoms with Crippen molar-refractivity contribution in [1.82, 2.24) is 9.99 Å². The van der Waals surface area contributed by atoms with Crippen LogP contribution in [-0.4, -0.2) is 70.6 Å². The monoisotopic (exact) mass is 571 g/mol. The molecule has 2 N–H and O–H groups in total. The molecule has 0 spiro atoms. The number of ketones is 1. The number of hydrogen-bond acceptors (Lipinski definition) is 10. The Morgan fingerprint density at radius 1 is 1.39 bits per heavy atom. The maximum atomic E-state index is 15.5. The minimum absolute atomic E-state index is 0.265. The summed E-state index contributed by atoms with van der Waals surface area (Å²) < 4.78 is 37.8. The van der Waals surface area contributed by atoms with Gasteiger partial charge in [0.15, 0.2) is 18.2 Å². The Bertz CT molecular complexity index is 1180. The fourth-order valence-corrected chi connectivity index (χ4v) is 5.96. The third-order valence-corrected chi connectivity index (χ3v) is 7.82. The average molecular weight is 572 g/mol. The van der Waals surface area contributed by atoms with Gasteiger partial charge in [0.05, 0.1) is 19.1 Å². The molecule has 2 aliphatic heterocycles. The second-order valence-electron chi connectivity index (χ2n) is 8.71. The van der Waals surface area contributed by atoms with E-state index < -0.39 is 73.7 Å². The van der Waals surface area contributed by atoms with E-state index in [1.165, 1.54) is 6.92 Å². The van der Waals surface area contributed by atoms with Crippen molar-refractivity contribution in [3.8, 4) is 5.75 Å². The van der Waals surface area contributed by atoms with Gasteiger partial charge < -0.3 is 23.6 Å². The highest BCUT2D eigenvalue weighted by Gasteiger charge is 2.59. The van der Waals surface area contributed by atoms with Crippen LogP contribution in [0, 0.1) is 0 Å². The second-order valence-corrected chi connectivity index (χ2v) is 11.8. The van der Waals surface area contributed by atoms with E-state index in [-0.39, 0.29) is 5.75 Å². The molecule has 1 unspecified atom stereocenters. The number of carbonyl (C=O) groups is 3. The number of azide groups is 1. The highest BCUT2D eigenvalue weighted by Crippen LogP contribution is 2.48. The highest BCUT2D eigenvalue weighted by molar-refractivity contribution is 8.09. The normalized spacial score (nSPS) is 27.5. The van der Waals surface area contributed by atoms with Crippen LogP contribution in [0.1, 0.15) is 27.2 Å². The van der Waals surface area contributed by atoms with Crippen LogP contribution in [0.4, 0.5) is 4.39 Å². The molecular weight excluding hydrogens is 544 g/mol. The Morgan fingerprint density at radius 2 is 2.08 bits per heavy atom. The molecule has 16 heteroatoms. The van der Waals surface area contributed by atoms with Crippen LogP contribution in [0.25, 0.3) is 10.4 Å².